The highest BCUT2D eigenvalue weighted by Crippen LogP contribution is 2.48. The highest BCUT2D eigenvalue weighted by molar-refractivity contribution is 5.90. The van der Waals surface area contributed by atoms with Gasteiger partial charge in [-0.1, -0.05) is 12.1 Å². The van der Waals surface area contributed by atoms with Crippen molar-refractivity contribution in [3.8, 4) is 5.75 Å². The zero-order chi connectivity index (χ0) is 22.2. The van der Waals surface area contributed by atoms with Crippen molar-refractivity contribution in [3.05, 3.63) is 71.0 Å². The molecule has 31 heavy (non-hydrogen) atoms. The van der Waals surface area contributed by atoms with E-state index in [0.29, 0.717) is 5.56 Å². The van der Waals surface area contributed by atoms with Crippen molar-refractivity contribution in [2.24, 2.45) is 0 Å². The number of ether oxygens (including phenoxy) is 2. The smallest absolute Gasteiger partial charge is 0.343 e. The third kappa shape index (κ3) is 3.94. The van der Waals surface area contributed by atoms with Gasteiger partial charge in [0.1, 0.15) is 11.5 Å². The fraction of sp³-hybridized carbons (Fsp3) is 0.423. The van der Waals surface area contributed by atoms with Crippen molar-refractivity contribution in [1.29, 1.82) is 0 Å². The van der Waals surface area contributed by atoms with Crippen LogP contribution in [0.15, 0.2) is 54.3 Å². The Labute approximate surface area is 185 Å². The van der Waals surface area contributed by atoms with Gasteiger partial charge in [0.15, 0.2) is 0 Å². The number of allylic oxidation sites excluding steroid dienone is 1. The lowest BCUT2D eigenvalue weighted by Gasteiger charge is -2.40. The van der Waals surface area contributed by atoms with Crippen LogP contribution in [0.5, 0.6) is 5.75 Å². The summed E-state index contributed by atoms with van der Waals surface area (Å²) in [5.41, 5.74) is 4.19. The highest BCUT2D eigenvalue weighted by Gasteiger charge is 2.48. The molecular weight excluding hydrogens is 388 g/mol. The van der Waals surface area contributed by atoms with Crippen LogP contribution in [-0.4, -0.2) is 51.7 Å². The molecule has 0 saturated carbocycles. The minimum absolute atomic E-state index is 0.0506. The average molecular weight is 421 g/mol. The number of nitrogens with zero attached hydrogens (tertiary/aromatic N) is 2. The van der Waals surface area contributed by atoms with E-state index in [1.54, 1.807) is 7.11 Å². The molecule has 0 unspecified atom stereocenters. The SMILES string of the molecule is COc1ccc([C@@]23CCC(OC(=O)c4ccc(N(C)C)cc4)=C[C@@H]2N(C)CC3)cc1C. The minimum atomic E-state index is -0.287. The van der Waals surface area contributed by atoms with Gasteiger partial charge in [0.25, 0.3) is 0 Å². The van der Waals surface area contributed by atoms with Crippen LogP contribution in [-0.2, 0) is 10.2 Å². The second kappa shape index (κ2) is 8.39. The molecule has 1 fully saturated rings. The van der Waals surface area contributed by atoms with E-state index in [1.165, 1.54) is 5.56 Å². The predicted octanol–water partition coefficient (Wildman–Crippen LogP) is 4.55. The molecule has 1 aliphatic heterocycles. The molecule has 1 saturated heterocycles. The van der Waals surface area contributed by atoms with E-state index >= 15 is 0 Å². The summed E-state index contributed by atoms with van der Waals surface area (Å²) in [6.45, 7) is 3.12. The number of esters is 1. The fourth-order valence-corrected chi connectivity index (χ4v) is 5.06. The maximum absolute atomic E-state index is 12.7. The van der Waals surface area contributed by atoms with E-state index in [4.69, 9.17) is 9.47 Å². The lowest BCUT2D eigenvalue weighted by Crippen LogP contribution is -2.42. The van der Waals surface area contributed by atoms with E-state index < -0.39 is 0 Å². The summed E-state index contributed by atoms with van der Waals surface area (Å²) in [5, 5.41) is 0. The Bertz CT molecular complexity index is 996. The number of aryl methyl sites for hydroxylation is 1. The summed E-state index contributed by atoms with van der Waals surface area (Å²) in [4.78, 5) is 17.1. The number of methoxy groups -OCH3 is 1. The number of likely N-dealkylation sites (tertiary alicyclic amines) is 1. The predicted molar refractivity (Wildman–Crippen MR) is 124 cm³/mol. The van der Waals surface area contributed by atoms with Crippen LogP contribution in [0.1, 0.15) is 40.7 Å². The van der Waals surface area contributed by atoms with Gasteiger partial charge < -0.3 is 14.4 Å². The summed E-state index contributed by atoms with van der Waals surface area (Å²) in [6.07, 6.45) is 5.00. The molecule has 4 rings (SSSR count). The van der Waals surface area contributed by atoms with Crippen LogP contribution in [0, 0.1) is 6.92 Å². The van der Waals surface area contributed by atoms with Gasteiger partial charge in [0.2, 0.25) is 0 Å². The molecule has 0 aromatic heterocycles. The van der Waals surface area contributed by atoms with E-state index in [1.807, 2.05) is 43.3 Å². The molecule has 2 aromatic carbocycles. The molecule has 5 heteroatoms. The molecule has 0 N–H and O–H groups in total. The van der Waals surface area contributed by atoms with Crippen molar-refractivity contribution in [2.75, 3.05) is 39.7 Å². The summed E-state index contributed by atoms with van der Waals surface area (Å²) < 4.78 is 11.3. The van der Waals surface area contributed by atoms with Crippen molar-refractivity contribution < 1.29 is 14.3 Å². The lowest BCUT2D eigenvalue weighted by molar-refractivity contribution is 0.0593. The number of carbonyl (C=O) groups excluding carboxylic acids is 1. The molecule has 0 spiro atoms. The summed E-state index contributed by atoms with van der Waals surface area (Å²) in [6, 6.07) is 14.3. The van der Waals surface area contributed by atoms with Gasteiger partial charge in [-0.2, -0.15) is 0 Å². The molecule has 2 atom stereocenters. The quantitative estimate of drug-likeness (QED) is 0.664. The lowest BCUT2D eigenvalue weighted by atomic mass is 9.68. The third-order valence-electron chi connectivity index (χ3n) is 6.93. The number of likely N-dealkylation sites (N-methyl/N-ethyl adjacent to an activating group) is 1. The normalized spacial score (nSPS) is 23.1. The first-order valence-corrected chi connectivity index (χ1v) is 10.9. The molecule has 0 bridgehead atoms. The topological polar surface area (TPSA) is 42.0 Å². The second-order valence-electron chi connectivity index (χ2n) is 8.98. The van der Waals surface area contributed by atoms with Gasteiger partial charge in [-0.05, 0) is 80.9 Å². The molecule has 0 amide bonds. The van der Waals surface area contributed by atoms with E-state index in [0.717, 1.165) is 48.6 Å². The van der Waals surface area contributed by atoms with Crippen LogP contribution in [0.25, 0.3) is 0 Å². The fourth-order valence-electron chi connectivity index (χ4n) is 5.06. The first-order valence-electron chi connectivity index (χ1n) is 10.9. The Morgan fingerprint density at radius 1 is 1.13 bits per heavy atom. The summed E-state index contributed by atoms with van der Waals surface area (Å²) >= 11 is 0. The monoisotopic (exact) mass is 420 g/mol. The molecule has 5 nitrogen and oxygen atoms in total. The molecule has 2 aromatic rings. The highest BCUT2D eigenvalue weighted by atomic mass is 16.5. The van der Waals surface area contributed by atoms with Crippen molar-refractivity contribution >= 4 is 11.7 Å². The van der Waals surface area contributed by atoms with Gasteiger partial charge in [-0.25, -0.2) is 4.79 Å². The Hall–Kier alpha value is -2.79. The number of hydrogen-bond donors (Lipinski definition) is 0. The maximum atomic E-state index is 12.7. The van der Waals surface area contributed by atoms with Crippen LogP contribution in [0.3, 0.4) is 0 Å². The van der Waals surface area contributed by atoms with Crippen LogP contribution in [0.4, 0.5) is 5.69 Å². The van der Waals surface area contributed by atoms with Crippen molar-refractivity contribution in [3.63, 3.8) is 0 Å². The standard InChI is InChI=1S/C26H32N2O3/c1-18-16-20(8-11-23(18)30-5)26-13-12-22(17-24(26)28(4)15-14-26)31-25(29)19-6-9-21(10-7-19)27(2)3/h6-11,16-17,24H,12-15H2,1-5H3/t24-,26-/m0/s1. The van der Waals surface area contributed by atoms with Crippen molar-refractivity contribution in [1.82, 2.24) is 4.90 Å². The van der Waals surface area contributed by atoms with Crippen LogP contribution in [0.2, 0.25) is 0 Å². The molecule has 0 radical (unpaired) electrons. The van der Waals surface area contributed by atoms with Gasteiger partial charge in [-0.3, -0.25) is 4.90 Å². The van der Waals surface area contributed by atoms with Crippen molar-refractivity contribution in [2.45, 2.75) is 37.6 Å². The minimum Gasteiger partial charge on any atom is -0.496 e. The molecular formula is C26H32N2O3. The second-order valence-corrected chi connectivity index (χ2v) is 8.98. The zero-order valence-corrected chi connectivity index (χ0v) is 19.1. The van der Waals surface area contributed by atoms with Gasteiger partial charge >= 0.3 is 5.97 Å². The number of fused-ring (bicyclic) bond motifs is 1. The maximum Gasteiger partial charge on any atom is 0.343 e. The number of hydrogen-bond acceptors (Lipinski definition) is 5. The third-order valence-corrected chi connectivity index (χ3v) is 6.93. The van der Waals surface area contributed by atoms with Gasteiger partial charge in [0, 0.05) is 37.7 Å². The van der Waals surface area contributed by atoms with Crippen LogP contribution >= 0.6 is 0 Å². The van der Waals surface area contributed by atoms with Crippen LogP contribution < -0.4 is 9.64 Å². The molecule has 164 valence electrons. The molecule has 1 heterocycles. The van der Waals surface area contributed by atoms with E-state index in [-0.39, 0.29) is 17.4 Å². The zero-order valence-electron chi connectivity index (χ0n) is 19.1. The Morgan fingerprint density at radius 2 is 1.87 bits per heavy atom. The summed E-state index contributed by atoms with van der Waals surface area (Å²) in [5.74, 6) is 1.41. The first kappa shape index (κ1) is 21.4. The Balaban J connectivity index is 1.56. The first-order chi connectivity index (χ1) is 14.8. The Morgan fingerprint density at radius 3 is 2.52 bits per heavy atom. The molecule has 1 aliphatic carbocycles. The Kier molecular flexibility index (Phi) is 5.80. The summed E-state index contributed by atoms with van der Waals surface area (Å²) in [7, 11) is 7.83. The number of carbonyl (C=O) groups is 1. The van der Waals surface area contributed by atoms with Gasteiger partial charge in [-0.15, -0.1) is 0 Å². The number of anilines is 1. The molecule has 2 aliphatic rings. The van der Waals surface area contributed by atoms with E-state index in [9.17, 15) is 4.79 Å². The number of rotatable bonds is 5. The largest absolute Gasteiger partial charge is 0.496 e. The van der Waals surface area contributed by atoms with Gasteiger partial charge in [0.05, 0.1) is 12.7 Å². The number of benzene rings is 2. The van der Waals surface area contributed by atoms with E-state index in [2.05, 4.69) is 43.1 Å². The average Bonchev–Trinajstić information content (AvgIpc) is 3.11.